The smallest absolute Gasteiger partial charge is 0.123 e. The van der Waals surface area contributed by atoms with E-state index in [-0.39, 0.29) is 0 Å². The van der Waals surface area contributed by atoms with Crippen LogP contribution in [0.3, 0.4) is 0 Å². The highest BCUT2D eigenvalue weighted by Gasteiger charge is 2.05. The van der Waals surface area contributed by atoms with Crippen LogP contribution >= 0.6 is 0 Å². The van der Waals surface area contributed by atoms with Crippen LogP contribution in [-0.2, 0) is 13.0 Å². The molecule has 0 aliphatic carbocycles. The van der Waals surface area contributed by atoms with Crippen molar-refractivity contribution in [2.45, 2.75) is 64.9 Å². The monoisotopic (exact) mass is 326 g/mol. The van der Waals surface area contributed by atoms with E-state index in [2.05, 4.69) is 19.1 Å². The lowest BCUT2D eigenvalue weighted by Crippen LogP contribution is -1.99. The normalized spacial score (nSPS) is 10.7. The highest BCUT2D eigenvalue weighted by molar-refractivity contribution is 5.35. The highest BCUT2D eigenvalue weighted by atomic mass is 16.5. The molecule has 2 rings (SSSR count). The molecule has 0 unspecified atom stereocenters. The second-order valence-electron chi connectivity index (χ2n) is 6.40. The van der Waals surface area contributed by atoms with Gasteiger partial charge in [-0.15, -0.1) is 0 Å². The van der Waals surface area contributed by atoms with E-state index in [1.807, 2.05) is 30.3 Å². The molecule has 0 heterocycles. The van der Waals surface area contributed by atoms with Crippen LogP contribution < -0.4 is 4.74 Å². The third-order valence-corrected chi connectivity index (χ3v) is 4.40. The van der Waals surface area contributed by atoms with E-state index in [0.29, 0.717) is 12.4 Å². The van der Waals surface area contributed by atoms with Gasteiger partial charge in [-0.25, -0.2) is 0 Å². The number of phenols is 1. The maximum Gasteiger partial charge on any atom is 0.123 e. The first kappa shape index (κ1) is 18.4. The molecule has 1 N–H and O–H groups in total. The van der Waals surface area contributed by atoms with E-state index in [9.17, 15) is 5.11 Å². The molecule has 0 aliphatic rings. The first-order valence-corrected chi connectivity index (χ1v) is 9.29. The van der Waals surface area contributed by atoms with Crippen molar-refractivity contribution in [3.05, 3.63) is 59.7 Å². The molecule has 0 spiro atoms. The van der Waals surface area contributed by atoms with E-state index in [1.165, 1.54) is 50.5 Å². The molecule has 0 radical (unpaired) electrons. The number of ether oxygens (including phenoxy) is 1. The Morgan fingerprint density at radius 3 is 2.12 bits per heavy atom. The van der Waals surface area contributed by atoms with Crippen LogP contribution in [0.1, 0.15) is 63.0 Å². The topological polar surface area (TPSA) is 29.5 Å². The van der Waals surface area contributed by atoms with Gasteiger partial charge in [-0.2, -0.15) is 0 Å². The summed E-state index contributed by atoms with van der Waals surface area (Å²) in [5, 5.41) is 9.84. The predicted molar refractivity (Wildman–Crippen MR) is 101 cm³/mol. The maximum absolute atomic E-state index is 9.84. The molecule has 2 heteroatoms. The number of hydrogen-bond donors (Lipinski definition) is 1. The minimum absolute atomic E-state index is 0.294. The van der Waals surface area contributed by atoms with Crippen molar-refractivity contribution < 1.29 is 9.84 Å². The van der Waals surface area contributed by atoms with Gasteiger partial charge in [0.15, 0.2) is 0 Å². The predicted octanol–water partition coefficient (Wildman–Crippen LogP) is 6.26. The third kappa shape index (κ3) is 6.27. The fourth-order valence-corrected chi connectivity index (χ4v) is 2.91. The summed E-state index contributed by atoms with van der Waals surface area (Å²) in [4.78, 5) is 0. The number of phenolic OH excluding ortho intramolecular Hbond substituents is 1. The fourth-order valence-electron chi connectivity index (χ4n) is 2.91. The molecule has 0 saturated heterocycles. The van der Waals surface area contributed by atoms with Gasteiger partial charge in [0.2, 0.25) is 0 Å². The Hall–Kier alpha value is -1.96. The van der Waals surface area contributed by atoms with Crippen LogP contribution in [0.15, 0.2) is 48.5 Å². The third-order valence-electron chi connectivity index (χ3n) is 4.40. The first-order chi connectivity index (χ1) is 11.8. The lowest BCUT2D eigenvalue weighted by molar-refractivity contribution is 0.296. The van der Waals surface area contributed by atoms with Gasteiger partial charge in [-0.3, -0.25) is 0 Å². The molecule has 0 aromatic heterocycles. The van der Waals surface area contributed by atoms with Crippen molar-refractivity contribution >= 4 is 0 Å². The molecule has 0 amide bonds. The second-order valence-corrected chi connectivity index (χ2v) is 6.40. The minimum Gasteiger partial charge on any atom is -0.508 e. The quantitative estimate of drug-likeness (QED) is 0.493. The van der Waals surface area contributed by atoms with Crippen LogP contribution in [0.5, 0.6) is 11.5 Å². The lowest BCUT2D eigenvalue weighted by atomic mass is 10.0. The van der Waals surface area contributed by atoms with E-state index in [4.69, 9.17) is 4.74 Å². The van der Waals surface area contributed by atoms with Crippen LogP contribution in [0.4, 0.5) is 0 Å². The molecule has 130 valence electrons. The van der Waals surface area contributed by atoms with Crippen LogP contribution in [-0.4, -0.2) is 5.11 Å². The summed E-state index contributed by atoms with van der Waals surface area (Å²) in [5.41, 5.74) is 2.09. The zero-order valence-corrected chi connectivity index (χ0v) is 14.8. The number of unbranched alkanes of at least 4 members (excludes halogenated alkanes) is 6. The summed E-state index contributed by atoms with van der Waals surface area (Å²) < 4.78 is 5.95. The van der Waals surface area contributed by atoms with Gasteiger partial charge in [0.1, 0.15) is 18.1 Å². The van der Waals surface area contributed by atoms with Crippen LogP contribution in [0.2, 0.25) is 0 Å². The number of aryl methyl sites for hydroxylation is 1. The summed E-state index contributed by atoms with van der Waals surface area (Å²) in [6.45, 7) is 2.66. The van der Waals surface area contributed by atoms with Crippen LogP contribution in [0, 0.1) is 0 Å². The molecule has 0 atom stereocenters. The van der Waals surface area contributed by atoms with Gasteiger partial charge in [0.05, 0.1) is 0 Å². The van der Waals surface area contributed by atoms with Crippen molar-refractivity contribution in [1.82, 2.24) is 0 Å². The van der Waals surface area contributed by atoms with Crippen molar-refractivity contribution in [2.75, 3.05) is 0 Å². The van der Waals surface area contributed by atoms with Crippen molar-refractivity contribution in [3.8, 4) is 11.5 Å². The van der Waals surface area contributed by atoms with Gasteiger partial charge in [-0.05, 0) is 30.5 Å². The second kappa shape index (κ2) is 10.7. The molecule has 2 nitrogen and oxygen atoms in total. The number of para-hydroxylation sites is 2. The van der Waals surface area contributed by atoms with Crippen LogP contribution in [0.25, 0.3) is 0 Å². The van der Waals surface area contributed by atoms with Gasteiger partial charge >= 0.3 is 0 Å². The number of aromatic hydroxyl groups is 1. The number of benzene rings is 2. The van der Waals surface area contributed by atoms with Gasteiger partial charge in [-0.1, -0.05) is 81.8 Å². The average Bonchev–Trinajstić information content (AvgIpc) is 2.61. The summed E-state index contributed by atoms with van der Waals surface area (Å²) in [6.07, 6.45) is 10.3. The molecule has 0 fully saturated rings. The van der Waals surface area contributed by atoms with Gasteiger partial charge in [0, 0.05) is 5.56 Å². The Morgan fingerprint density at radius 1 is 0.750 bits per heavy atom. The Kier molecular flexibility index (Phi) is 8.23. The van der Waals surface area contributed by atoms with E-state index >= 15 is 0 Å². The SMILES string of the molecule is CCCCCCCCCc1ccccc1OCc1ccccc1O. The number of hydrogen-bond acceptors (Lipinski definition) is 2. The highest BCUT2D eigenvalue weighted by Crippen LogP contribution is 2.24. The van der Waals surface area contributed by atoms with Crippen molar-refractivity contribution in [3.63, 3.8) is 0 Å². The van der Waals surface area contributed by atoms with Crippen molar-refractivity contribution in [2.24, 2.45) is 0 Å². The molecule has 24 heavy (non-hydrogen) atoms. The molecule has 0 bridgehead atoms. The molecular formula is C22H30O2. The van der Waals surface area contributed by atoms with E-state index < -0.39 is 0 Å². The lowest BCUT2D eigenvalue weighted by Gasteiger charge is -2.12. The molecule has 0 aliphatic heterocycles. The zero-order valence-electron chi connectivity index (χ0n) is 14.8. The summed E-state index contributed by atoms with van der Waals surface area (Å²) >= 11 is 0. The fraction of sp³-hybridized carbons (Fsp3) is 0.455. The molecule has 0 saturated carbocycles. The van der Waals surface area contributed by atoms with Gasteiger partial charge < -0.3 is 9.84 Å². The van der Waals surface area contributed by atoms with Gasteiger partial charge in [0.25, 0.3) is 0 Å². The zero-order chi connectivity index (χ0) is 17.0. The summed E-state index contributed by atoms with van der Waals surface area (Å²) in [7, 11) is 0. The Balaban J connectivity index is 1.78. The molecule has 2 aromatic carbocycles. The molecular weight excluding hydrogens is 296 g/mol. The summed E-state index contributed by atoms with van der Waals surface area (Å²) in [6, 6.07) is 15.6. The van der Waals surface area contributed by atoms with E-state index in [0.717, 1.165) is 17.7 Å². The summed E-state index contributed by atoms with van der Waals surface area (Å²) in [5.74, 6) is 1.23. The Labute approximate surface area is 146 Å². The Morgan fingerprint density at radius 2 is 1.38 bits per heavy atom. The minimum atomic E-state index is 0.294. The van der Waals surface area contributed by atoms with E-state index in [1.54, 1.807) is 6.07 Å². The largest absolute Gasteiger partial charge is 0.508 e. The molecule has 2 aromatic rings. The standard InChI is InChI=1S/C22H30O2/c1-2-3-4-5-6-7-8-13-19-14-10-12-17-22(19)24-18-20-15-9-11-16-21(20)23/h9-12,14-17,23H,2-8,13,18H2,1H3. The number of rotatable bonds is 11. The van der Waals surface area contributed by atoms with Crippen molar-refractivity contribution in [1.29, 1.82) is 0 Å². The first-order valence-electron chi connectivity index (χ1n) is 9.29. The maximum atomic E-state index is 9.84. The Bertz CT molecular complexity index is 592. The average molecular weight is 326 g/mol.